The summed E-state index contributed by atoms with van der Waals surface area (Å²) in [6.45, 7) is 0.848. The zero-order valence-corrected chi connectivity index (χ0v) is 18.4. The number of carbonyl (C=O) groups excluding carboxylic acids is 3. The molecule has 1 atom stereocenters. The summed E-state index contributed by atoms with van der Waals surface area (Å²) < 4.78 is 63.4. The fourth-order valence-corrected chi connectivity index (χ4v) is 3.53. The number of benzene rings is 2. The van der Waals surface area contributed by atoms with Gasteiger partial charge in [0.05, 0.1) is 25.1 Å². The van der Waals surface area contributed by atoms with Crippen molar-refractivity contribution in [2.75, 3.05) is 33.4 Å². The lowest BCUT2D eigenvalue weighted by atomic mass is 10.1. The Balaban J connectivity index is 1.51. The van der Waals surface area contributed by atoms with Gasteiger partial charge in [0.1, 0.15) is 12.4 Å². The summed E-state index contributed by atoms with van der Waals surface area (Å²) in [5.41, 5.74) is 1.25. The van der Waals surface area contributed by atoms with Crippen molar-refractivity contribution >= 4 is 17.6 Å². The number of halogens is 4. The molecular weight excluding hydrogens is 460 g/mol. The largest absolute Gasteiger partial charge is 0.496 e. The van der Waals surface area contributed by atoms with Gasteiger partial charge in [0, 0.05) is 19.2 Å². The van der Waals surface area contributed by atoms with Crippen molar-refractivity contribution in [2.24, 2.45) is 5.92 Å². The number of carbonyl (C=O) groups is 3. The van der Waals surface area contributed by atoms with E-state index in [1.807, 2.05) is 13.0 Å². The van der Waals surface area contributed by atoms with Crippen LogP contribution in [0.1, 0.15) is 22.3 Å². The maximum absolute atomic E-state index is 13.6. The molecule has 1 aliphatic rings. The molecule has 0 unspecified atom stereocenters. The third kappa shape index (κ3) is 5.46. The average molecular weight is 482 g/mol. The Kier molecular flexibility index (Phi) is 7.75. The highest BCUT2D eigenvalue weighted by molar-refractivity contribution is 5.98. The molecule has 11 heteroatoms. The molecule has 1 heterocycles. The van der Waals surface area contributed by atoms with Crippen molar-refractivity contribution in [3.63, 3.8) is 0 Å². The number of hydrogen-bond donors (Lipinski definition) is 1. The Labute approximate surface area is 192 Å². The van der Waals surface area contributed by atoms with Crippen molar-refractivity contribution in [3.8, 4) is 11.5 Å². The number of ketones is 1. The van der Waals surface area contributed by atoms with Crippen molar-refractivity contribution in [2.45, 2.75) is 13.3 Å². The Morgan fingerprint density at radius 3 is 2.41 bits per heavy atom. The molecule has 1 fully saturated rings. The zero-order valence-electron chi connectivity index (χ0n) is 18.4. The quantitative estimate of drug-likeness (QED) is 0.462. The SMILES string of the molecule is COc1ccc(C)cc1C(=O)N1CC[C@H](C(=O)NCC(=O)COc2c(F)c(F)cc(F)c2F)C1. The number of ether oxygens (including phenoxy) is 2. The molecule has 2 amide bonds. The van der Waals surface area contributed by atoms with E-state index in [-0.39, 0.29) is 18.5 Å². The van der Waals surface area contributed by atoms with Gasteiger partial charge in [-0.2, -0.15) is 8.78 Å². The summed E-state index contributed by atoms with van der Waals surface area (Å²) in [7, 11) is 1.45. The molecule has 0 saturated carbocycles. The number of amides is 2. The number of nitrogens with zero attached hydrogens (tertiary/aromatic N) is 1. The van der Waals surface area contributed by atoms with E-state index in [0.717, 1.165) is 5.56 Å². The molecule has 1 saturated heterocycles. The second-order valence-corrected chi connectivity index (χ2v) is 7.78. The smallest absolute Gasteiger partial charge is 0.257 e. The summed E-state index contributed by atoms with van der Waals surface area (Å²) in [4.78, 5) is 38.7. The molecular formula is C23H22F4N2O5. The molecule has 7 nitrogen and oxygen atoms in total. The molecule has 0 bridgehead atoms. The van der Waals surface area contributed by atoms with E-state index < -0.39 is 59.8 Å². The number of likely N-dealkylation sites (tertiary alicyclic amines) is 1. The number of aryl methyl sites for hydroxylation is 1. The first-order valence-corrected chi connectivity index (χ1v) is 10.3. The van der Waals surface area contributed by atoms with Gasteiger partial charge in [-0.25, -0.2) is 8.78 Å². The van der Waals surface area contributed by atoms with Gasteiger partial charge in [-0.05, 0) is 25.5 Å². The molecule has 34 heavy (non-hydrogen) atoms. The highest BCUT2D eigenvalue weighted by atomic mass is 19.2. The normalized spacial score (nSPS) is 15.2. The van der Waals surface area contributed by atoms with Gasteiger partial charge in [0.15, 0.2) is 23.2 Å². The summed E-state index contributed by atoms with van der Waals surface area (Å²) in [6.07, 6.45) is 0.370. The van der Waals surface area contributed by atoms with Crippen LogP contribution in [0.15, 0.2) is 24.3 Å². The van der Waals surface area contributed by atoms with Crippen LogP contribution in [0, 0.1) is 36.1 Å². The lowest BCUT2D eigenvalue weighted by molar-refractivity contribution is -0.128. The van der Waals surface area contributed by atoms with Crippen molar-refractivity contribution < 1.29 is 41.4 Å². The van der Waals surface area contributed by atoms with Crippen molar-refractivity contribution in [1.82, 2.24) is 10.2 Å². The number of hydrogen-bond acceptors (Lipinski definition) is 5. The summed E-state index contributed by atoms with van der Waals surface area (Å²) in [5.74, 6) is -9.94. The van der Waals surface area contributed by atoms with Gasteiger partial charge < -0.3 is 19.7 Å². The van der Waals surface area contributed by atoms with Crippen LogP contribution in [0.5, 0.6) is 11.5 Å². The minimum absolute atomic E-state index is 0.0181. The molecule has 2 aromatic carbocycles. The lowest BCUT2D eigenvalue weighted by Gasteiger charge is -2.18. The summed E-state index contributed by atoms with van der Waals surface area (Å²) in [6, 6.07) is 5.21. The van der Waals surface area contributed by atoms with Gasteiger partial charge in [-0.1, -0.05) is 11.6 Å². The van der Waals surface area contributed by atoms with E-state index in [1.165, 1.54) is 12.0 Å². The van der Waals surface area contributed by atoms with Gasteiger partial charge in [0.25, 0.3) is 5.91 Å². The van der Waals surface area contributed by atoms with Crippen molar-refractivity contribution in [3.05, 3.63) is 58.7 Å². The molecule has 0 aromatic heterocycles. The van der Waals surface area contributed by atoms with Crippen LogP contribution in [-0.4, -0.2) is 55.8 Å². The van der Waals surface area contributed by atoms with Crippen LogP contribution in [0.2, 0.25) is 0 Å². The molecule has 0 spiro atoms. The molecule has 0 aliphatic carbocycles. The number of Topliss-reactive ketones (excluding diaryl/α,β-unsaturated/α-hetero) is 1. The Morgan fingerprint density at radius 1 is 1.09 bits per heavy atom. The van der Waals surface area contributed by atoms with Crippen molar-refractivity contribution in [1.29, 1.82) is 0 Å². The van der Waals surface area contributed by atoms with E-state index in [1.54, 1.807) is 12.1 Å². The summed E-state index contributed by atoms with van der Waals surface area (Å²) >= 11 is 0. The van der Waals surface area contributed by atoms with E-state index in [2.05, 4.69) is 10.1 Å². The molecule has 0 radical (unpaired) electrons. The van der Waals surface area contributed by atoms with E-state index >= 15 is 0 Å². The molecule has 182 valence electrons. The predicted molar refractivity (Wildman–Crippen MR) is 112 cm³/mol. The van der Waals surface area contributed by atoms with Crippen LogP contribution in [0.4, 0.5) is 17.6 Å². The highest BCUT2D eigenvalue weighted by Gasteiger charge is 2.32. The standard InChI is InChI=1S/C23H22F4N2O5/c1-12-3-4-18(33-2)15(7-12)23(32)29-6-5-13(10-29)22(31)28-9-14(30)11-34-21-19(26)16(24)8-17(25)20(21)27/h3-4,7-8,13H,5-6,9-11H2,1-2H3,(H,28,31)/t13-/m0/s1. The zero-order chi connectivity index (χ0) is 25.0. The second kappa shape index (κ2) is 10.5. The molecule has 3 rings (SSSR count). The summed E-state index contributed by atoms with van der Waals surface area (Å²) in [5, 5.41) is 2.38. The van der Waals surface area contributed by atoms with E-state index in [9.17, 15) is 31.9 Å². The predicted octanol–water partition coefficient (Wildman–Crippen LogP) is 2.79. The van der Waals surface area contributed by atoms with Crippen LogP contribution >= 0.6 is 0 Å². The third-order valence-corrected chi connectivity index (χ3v) is 5.34. The second-order valence-electron chi connectivity index (χ2n) is 7.78. The molecule has 1 aliphatic heterocycles. The number of methoxy groups -OCH3 is 1. The van der Waals surface area contributed by atoms with Crippen LogP contribution in [-0.2, 0) is 9.59 Å². The lowest BCUT2D eigenvalue weighted by Crippen LogP contribution is -2.38. The topological polar surface area (TPSA) is 84.9 Å². The van der Waals surface area contributed by atoms with E-state index in [0.29, 0.717) is 24.3 Å². The fourth-order valence-electron chi connectivity index (χ4n) is 3.53. The van der Waals surface area contributed by atoms with E-state index in [4.69, 9.17) is 4.74 Å². The first kappa shape index (κ1) is 25.0. The maximum Gasteiger partial charge on any atom is 0.257 e. The minimum atomic E-state index is -1.77. The third-order valence-electron chi connectivity index (χ3n) is 5.34. The monoisotopic (exact) mass is 482 g/mol. The highest BCUT2D eigenvalue weighted by Crippen LogP contribution is 2.27. The average Bonchev–Trinajstić information content (AvgIpc) is 3.31. The minimum Gasteiger partial charge on any atom is -0.496 e. The number of nitrogens with one attached hydrogen (secondary N) is 1. The Hall–Kier alpha value is -3.63. The van der Waals surface area contributed by atoms with Gasteiger partial charge in [0.2, 0.25) is 17.5 Å². The van der Waals surface area contributed by atoms with Gasteiger partial charge in [-0.3, -0.25) is 14.4 Å². The maximum atomic E-state index is 13.6. The molecule has 1 N–H and O–H groups in total. The first-order chi connectivity index (χ1) is 16.1. The van der Waals surface area contributed by atoms with Gasteiger partial charge >= 0.3 is 0 Å². The number of rotatable bonds is 8. The van der Waals surface area contributed by atoms with Crippen LogP contribution < -0.4 is 14.8 Å². The van der Waals surface area contributed by atoms with Crippen LogP contribution in [0.25, 0.3) is 0 Å². The molecule has 2 aromatic rings. The fraction of sp³-hybridized carbons (Fsp3) is 0.348. The Morgan fingerprint density at radius 2 is 1.76 bits per heavy atom. The van der Waals surface area contributed by atoms with Crippen LogP contribution in [0.3, 0.4) is 0 Å². The first-order valence-electron chi connectivity index (χ1n) is 10.3. The van der Waals surface area contributed by atoms with Gasteiger partial charge in [-0.15, -0.1) is 0 Å². The Bertz CT molecular complexity index is 1100.